The molecule has 0 spiro atoms. The molecule has 0 unspecified atom stereocenters. The molecule has 0 aromatic rings. The highest BCUT2D eigenvalue weighted by Crippen LogP contribution is 2.08. The summed E-state index contributed by atoms with van der Waals surface area (Å²) in [6.45, 7) is 4.08. The van der Waals surface area contributed by atoms with Crippen LogP contribution in [0, 0.1) is 0 Å². The molecule has 1 nitrogen and oxygen atoms in total. The maximum Gasteiger partial charge on any atom is 0.130 e. The molecule has 0 radical (unpaired) electrons. The van der Waals surface area contributed by atoms with Gasteiger partial charge in [-0.25, -0.2) is 0 Å². The molecule has 1 aliphatic rings. The molecule has 1 aliphatic heterocycles. The molecule has 0 N–H and O–H groups in total. The first-order valence-electron chi connectivity index (χ1n) is 1.65. The second kappa shape index (κ2) is 1.05. The average Bonchev–Trinajstić information content (AvgIpc) is 1.61. The van der Waals surface area contributed by atoms with Crippen LogP contribution in [0.2, 0.25) is 0 Å². The summed E-state index contributed by atoms with van der Waals surface area (Å²) in [4.78, 5) is 0.856. The fraction of sp³-hybridized carbons (Fsp3) is 0.250. The molecule has 6 heavy (non-hydrogen) atoms. The normalized spacial score (nSPS) is 19.3. The first-order valence-corrected chi connectivity index (χ1v) is 2.06. The fourth-order valence-electron chi connectivity index (χ4n) is 0.233. The van der Waals surface area contributed by atoms with Crippen LogP contribution in [-0.4, -0.2) is 11.5 Å². The van der Waals surface area contributed by atoms with Crippen molar-refractivity contribution in [2.75, 3.05) is 6.61 Å². The van der Waals surface area contributed by atoms with E-state index in [1.165, 1.54) is 0 Å². The van der Waals surface area contributed by atoms with Crippen LogP contribution in [0.4, 0.5) is 0 Å². The molecule has 0 aromatic carbocycles. The van der Waals surface area contributed by atoms with Crippen molar-refractivity contribution in [1.29, 1.82) is 0 Å². The van der Waals surface area contributed by atoms with E-state index >= 15 is 0 Å². The molecule has 0 aliphatic carbocycles. The van der Waals surface area contributed by atoms with E-state index in [0.717, 1.165) is 4.86 Å². The molecule has 32 valence electrons. The quantitative estimate of drug-likeness (QED) is 0.330. The first-order chi connectivity index (χ1) is 2.80. The van der Waals surface area contributed by atoms with E-state index in [1.54, 1.807) is 0 Å². The zero-order valence-corrected chi connectivity index (χ0v) is 4.05. The van der Waals surface area contributed by atoms with Crippen molar-refractivity contribution in [2.24, 2.45) is 0 Å². The predicted molar refractivity (Wildman–Crippen MR) is 27.7 cm³/mol. The fourth-order valence-corrected chi connectivity index (χ4v) is 0.351. The molecule has 0 saturated carbocycles. The Bertz CT molecular complexity index is 92.1. The van der Waals surface area contributed by atoms with E-state index < -0.39 is 0 Å². The van der Waals surface area contributed by atoms with Crippen LogP contribution in [0.1, 0.15) is 0 Å². The van der Waals surface area contributed by atoms with E-state index in [1.807, 2.05) is 0 Å². The molecule has 0 amide bonds. The Morgan fingerprint density at radius 1 is 1.83 bits per heavy atom. The first kappa shape index (κ1) is 3.81. The predicted octanol–water partition coefficient (Wildman–Crippen LogP) is 0.900. The maximum atomic E-state index is 4.71. The third-order valence-electron chi connectivity index (χ3n) is 0.688. The van der Waals surface area contributed by atoms with Gasteiger partial charge in [0.1, 0.15) is 12.4 Å². The molecular formula is C4H4OS. The van der Waals surface area contributed by atoms with E-state index in [-0.39, 0.29) is 0 Å². The summed E-state index contributed by atoms with van der Waals surface area (Å²) < 4.78 is 4.71. The van der Waals surface area contributed by atoms with Crippen molar-refractivity contribution in [3.05, 3.63) is 12.3 Å². The van der Waals surface area contributed by atoms with Crippen molar-refractivity contribution in [2.45, 2.75) is 0 Å². The Labute approximate surface area is 41.6 Å². The van der Waals surface area contributed by atoms with Gasteiger partial charge in [0.25, 0.3) is 0 Å². The second-order valence-corrected chi connectivity index (χ2v) is 1.63. The lowest BCUT2D eigenvalue weighted by molar-refractivity contribution is 0.238. The molecule has 0 atom stereocenters. The summed E-state index contributed by atoms with van der Waals surface area (Å²) in [5.74, 6) is 0.671. The lowest BCUT2D eigenvalue weighted by atomic mass is 10.3. The summed E-state index contributed by atoms with van der Waals surface area (Å²) >= 11 is 4.68. The van der Waals surface area contributed by atoms with E-state index in [9.17, 15) is 0 Å². The summed E-state index contributed by atoms with van der Waals surface area (Å²) in [7, 11) is 0. The van der Waals surface area contributed by atoms with Crippen molar-refractivity contribution in [1.82, 2.24) is 0 Å². The third-order valence-corrected chi connectivity index (χ3v) is 1.03. The highest BCUT2D eigenvalue weighted by atomic mass is 32.1. The van der Waals surface area contributed by atoms with Gasteiger partial charge in [0.2, 0.25) is 0 Å². The van der Waals surface area contributed by atoms with E-state index in [0.29, 0.717) is 12.4 Å². The molecule has 1 fully saturated rings. The number of ether oxygens (including phenoxy) is 1. The Hall–Kier alpha value is -0.370. The molecule has 2 heteroatoms. The Morgan fingerprint density at radius 3 is 2.33 bits per heavy atom. The summed E-state index contributed by atoms with van der Waals surface area (Å²) in [6.07, 6.45) is 0. The van der Waals surface area contributed by atoms with Gasteiger partial charge in [0.05, 0.1) is 4.86 Å². The number of hydrogen-bond acceptors (Lipinski definition) is 2. The standard InChI is InChI=1S/C4H4OS/c1-3-4(6)2-5-3/h1-2H2. The highest BCUT2D eigenvalue weighted by molar-refractivity contribution is 7.81. The van der Waals surface area contributed by atoms with Crippen LogP contribution in [0.3, 0.4) is 0 Å². The molecule has 1 saturated heterocycles. The Kier molecular flexibility index (Phi) is 0.665. The van der Waals surface area contributed by atoms with Crippen molar-refractivity contribution in [3.63, 3.8) is 0 Å². The van der Waals surface area contributed by atoms with Gasteiger partial charge in [0.15, 0.2) is 0 Å². The minimum Gasteiger partial charge on any atom is -0.487 e. The minimum absolute atomic E-state index is 0.605. The molecule has 0 bridgehead atoms. The largest absolute Gasteiger partial charge is 0.487 e. The van der Waals surface area contributed by atoms with Crippen LogP contribution in [0.15, 0.2) is 12.3 Å². The van der Waals surface area contributed by atoms with Crippen LogP contribution < -0.4 is 0 Å². The topological polar surface area (TPSA) is 9.23 Å². The third kappa shape index (κ3) is 0.337. The van der Waals surface area contributed by atoms with Gasteiger partial charge < -0.3 is 4.74 Å². The SMILES string of the molecule is C=C1OCC1=S. The van der Waals surface area contributed by atoms with Gasteiger partial charge in [0, 0.05) is 0 Å². The van der Waals surface area contributed by atoms with Crippen molar-refractivity contribution >= 4 is 17.1 Å². The molecule has 1 heterocycles. The zero-order valence-electron chi connectivity index (χ0n) is 3.23. The smallest absolute Gasteiger partial charge is 0.130 e. The zero-order chi connectivity index (χ0) is 4.57. The van der Waals surface area contributed by atoms with Gasteiger partial charge in [-0.2, -0.15) is 0 Å². The Balaban J connectivity index is 2.61. The van der Waals surface area contributed by atoms with Crippen molar-refractivity contribution in [3.8, 4) is 0 Å². The maximum absolute atomic E-state index is 4.71. The van der Waals surface area contributed by atoms with E-state index in [4.69, 9.17) is 4.74 Å². The average molecular weight is 100 g/mol. The van der Waals surface area contributed by atoms with Crippen molar-refractivity contribution < 1.29 is 4.74 Å². The summed E-state index contributed by atoms with van der Waals surface area (Å²) in [5, 5.41) is 0. The summed E-state index contributed by atoms with van der Waals surface area (Å²) in [5.41, 5.74) is 0. The lowest BCUT2D eigenvalue weighted by Crippen LogP contribution is -2.21. The lowest BCUT2D eigenvalue weighted by Gasteiger charge is -2.17. The highest BCUT2D eigenvalue weighted by Gasteiger charge is 2.13. The van der Waals surface area contributed by atoms with Gasteiger partial charge in [-0.3, -0.25) is 0 Å². The van der Waals surface area contributed by atoms with Crippen LogP contribution in [0.5, 0.6) is 0 Å². The summed E-state index contributed by atoms with van der Waals surface area (Å²) in [6, 6.07) is 0. The number of rotatable bonds is 0. The van der Waals surface area contributed by atoms with Gasteiger partial charge >= 0.3 is 0 Å². The monoisotopic (exact) mass is 100.0 g/mol. The minimum atomic E-state index is 0.605. The number of thiocarbonyl (C=S) groups is 1. The Morgan fingerprint density at radius 2 is 2.33 bits per heavy atom. The van der Waals surface area contributed by atoms with Gasteiger partial charge in [-0.1, -0.05) is 18.8 Å². The van der Waals surface area contributed by atoms with E-state index in [2.05, 4.69) is 18.8 Å². The molecular weight excluding hydrogens is 96.1 g/mol. The molecule has 1 rings (SSSR count). The van der Waals surface area contributed by atoms with Crippen LogP contribution in [0.25, 0.3) is 0 Å². The second-order valence-electron chi connectivity index (χ2n) is 1.14. The van der Waals surface area contributed by atoms with Crippen LogP contribution in [-0.2, 0) is 4.74 Å². The molecule has 0 aromatic heterocycles. The van der Waals surface area contributed by atoms with Gasteiger partial charge in [-0.05, 0) is 0 Å². The van der Waals surface area contributed by atoms with Gasteiger partial charge in [-0.15, -0.1) is 0 Å². The number of hydrogen-bond donors (Lipinski definition) is 0. The van der Waals surface area contributed by atoms with Crippen LogP contribution >= 0.6 is 12.2 Å².